The predicted molar refractivity (Wildman–Crippen MR) is 113 cm³/mol. The number of rotatable bonds is 5. The van der Waals surface area contributed by atoms with Crippen LogP contribution in [0.3, 0.4) is 0 Å². The van der Waals surface area contributed by atoms with Crippen molar-refractivity contribution in [1.29, 1.82) is 0 Å². The van der Waals surface area contributed by atoms with Crippen molar-refractivity contribution in [3.05, 3.63) is 23.8 Å². The molecule has 2 fully saturated rings. The first kappa shape index (κ1) is 22.9. The van der Waals surface area contributed by atoms with Crippen LogP contribution in [0, 0.1) is 5.41 Å². The predicted octanol–water partition coefficient (Wildman–Crippen LogP) is 4.21. The van der Waals surface area contributed by atoms with Crippen molar-refractivity contribution in [3.63, 3.8) is 0 Å². The Kier molecular flexibility index (Phi) is 7.69. The summed E-state index contributed by atoms with van der Waals surface area (Å²) in [5.41, 5.74) is 1.36. The third-order valence-corrected chi connectivity index (χ3v) is 5.43. The van der Waals surface area contributed by atoms with Gasteiger partial charge in [0.2, 0.25) is 0 Å². The molecule has 1 spiro atoms. The van der Waals surface area contributed by atoms with Crippen LogP contribution in [-0.4, -0.2) is 50.9 Å². The van der Waals surface area contributed by atoms with E-state index in [1.165, 1.54) is 38.9 Å². The zero-order valence-corrected chi connectivity index (χ0v) is 18.5. The first-order chi connectivity index (χ1) is 12.8. The van der Waals surface area contributed by atoms with Gasteiger partial charge in [-0.2, -0.15) is 13.2 Å². The molecule has 0 bridgehead atoms. The molecule has 0 atom stereocenters. The van der Waals surface area contributed by atoms with Crippen LogP contribution in [0.4, 0.5) is 13.2 Å². The summed E-state index contributed by atoms with van der Waals surface area (Å²) in [5.74, 6) is 1.22. The van der Waals surface area contributed by atoms with Gasteiger partial charge in [0.25, 0.3) is 0 Å². The second kappa shape index (κ2) is 9.41. The van der Waals surface area contributed by atoms with Gasteiger partial charge in [-0.15, -0.1) is 24.0 Å². The molecule has 1 saturated carbocycles. The number of alkyl halides is 3. The fourth-order valence-electron chi connectivity index (χ4n) is 3.81. The molecule has 158 valence electrons. The Bertz CT molecular complexity index is 693. The van der Waals surface area contributed by atoms with Crippen LogP contribution in [0.25, 0.3) is 0 Å². The summed E-state index contributed by atoms with van der Waals surface area (Å²) in [6.07, 6.45) is 0.759. The molecule has 5 nitrogen and oxygen atoms in total. The molecule has 0 unspecified atom stereocenters. The number of nitrogens with zero attached hydrogens (tertiary/aromatic N) is 2. The largest absolute Gasteiger partial charge is 0.493 e. The van der Waals surface area contributed by atoms with Crippen molar-refractivity contribution >= 4 is 29.9 Å². The molecule has 1 heterocycles. The van der Waals surface area contributed by atoms with E-state index < -0.39 is 12.8 Å². The van der Waals surface area contributed by atoms with Gasteiger partial charge in [0, 0.05) is 26.7 Å². The number of benzene rings is 1. The van der Waals surface area contributed by atoms with E-state index in [0.29, 0.717) is 12.0 Å². The standard InChI is InChI=1S/C19H26F3N3O2.HI/c1-23-17(25-9-8-18(12-25)6-3-7-18)24-11-14-4-5-15(16(10-14)26-2)27-13-19(20,21)22;/h4-5,10H,3,6-9,11-13H2,1-2H3,(H,23,24);1H. The quantitative estimate of drug-likeness (QED) is 0.364. The van der Waals surface area contributed by atoms with E-state index in [1.54, 1.807) is 19.2 Å². The highest BCUT2D eigenvalue weighted by Crippen LogP contribution is 2.47. The summed E-state index contributed by atoms with van der Waals surface area (Å²) in [6, 6.07) is 4.92. The zero-order chi connectivity index (χ0) is 19.5. The van der Waals surface area contributed by atoms with E-state index in [1.807, 2.05) is 0 Å². The van der Waals surface area contributed by atoms with Gasteiger partial charge in [0.1, 0.15) is 0 Å². The number of hydrogen-bond acceptors (Lipinski definition) is 3. The maximum atomic E-state index is 12.3. The lowest BCUT2D eigenvalue weighted by atomic mass is 9.68. The molecule has 2 aliphatic rings. The van der Waals surface area contributed by atoms with Crippen molar-refractivity contribution in [2.75, 3.05) is 33.9 Å². The SMILES string of the molecule is CN=C(NCc1ccc(OCC(F)(F)F)c(OC)c1)N1CCC2(CCC2)C1.I. The number of aliphatic imine (C=N–C) groups is 1. The van der Waals surface area contributed by atoms with E-state index in [-0.39, 0.29) is 35.5 Å². The topological polar surface area (TPSA) is 46.1 Å². The van der Waals surface area contributed by atoms with Crippen molar-refractivity contribution in [1.82, 2.24) is 10.2 Å². The minimum Gasteiger partial charge on any atom is -0.493 e. The highest BCUT2D eigenvalue weighted by atomic mass is 127. The summed E-state index contributed by atoms with van der Waals surface area (Å²) in [7, 11) is 3.18. The molecule has 1 saturated heterocycles. The highest BCUT2D eigenvalue weighted by Gasteiger charge is 2.43. The number of likely N-dealkylation sites (tertiary alicyclic amines) is 1. The fraction of sp³-hybridized carbons (Fsp3) is 0.632. The Morgan fingerprint density at radius 2 is 2.00 bits per heavy atom. The van der Waals surface area contributed by atoms with Crippen LogP contribution in [0.5, 0.6) is 11.5 Å². The third kappa shape index (κ3) is 5.57. The molecule has 1 N–H and O–H groups in total. The van der Waals surface area contributed by atoms with Gasteiger partial charge in [-0.05, 0) is 42.4 Å². The van der Waals surface area contributed by atoms with Crippen molar-refractivity contribution < 1.29 is 22.6 Å². The number of halogens is 4. The first-order valence-corrected chi connectivity index (χ1v) is 9.16. The monoisotopic (exact) mass is 513 g/mol. The van der Waals surface area contributed by atoms with Crippen LogP contribution < -0.4 is 14.8 Å². The van der Waals surface area contributed by atoms with Crippen LogP contribution >= 0.6 is 24.0 Å². The van der Waals surface area contributed by atoms with E-state index >= 15 is 0 Å². The smallest absolute Gasteiger partial charge is 0.422 e. The second-order valence-corrected chi connectivity index (χ2v) is 7.31. The van der Waals surface area contributed by atoms with Crippen LogP contribution in [0.15, 0.2) is 23.2 Å². The Balaban J connectivity index is 0.00000280. The first-order valence-electron chi connectivity index (χ1n) is 9.16. The summed E-state index contributed by atoms with van der Waals surface area (Å²) in [5, 5.41) is 3.34. The summed E-state index contributed by atoms with van der Waals surface area (Å²) in [6.45, 7) is 1.21. The van der Waals surface area contributed by atoms with E-state index in [0.717, 1.165) is 24.6 Å². The van der Waals surface area contributed by atoms with Crippen LogP contribution in [-0.2, 0) is 6.54 Å². The van der Waals surface area contributed by atoms with Crippen molar-refractivity contribution in [2.45, 2.75) is 38.4 Å². The number of ether oxygens (including phenoxy) is 2. The van der Waals surface area contributed by atoms with Gasteiger partial charge in [0.15, 0.2) is 24.1 Å². The molecule has 1 aliphatic heterocycles. The summed E-state index contributed by atoms with van der Waals surface area (Å²) >= 11 is 0. The van der Waals surface area contributed by atoms with Gasteiger partial charge in [-0.3, -0.25) is 4.99 Å². The molecule has 1 aromatic carbocycles. The van der Waals surface area contributed by atoms with E-state index in [2.05, 4.69) is 15.2 Å². The zero-order valence-electron chi connectivity index (χ0n) is 16.1. The Morgan fingerprint density at radius 3 is 2.54 bits per heavy atom. The second-order valence-electron chi connectivity index (χ2n) is 7.31. The molecule has 1 aliphatic carbocycles. The molecular weight excluding hydrogens is 486 g/mol. The normalized spacial score (nSPS) is 18.5. The highest BCUT2D eigenvalue weighted by molar-refractivity contribution is 14.0. The lowest BCUT2D eigenvalue weighted by molar-refractivity contribution is -0.153. The Morgan fingerprint density at radius 1 is 1.25 bits per heavy atom. The lowest BCUT2D eigenvalue weighted by Gasteiger charge is -2.38. The van der Waals surface area contributed by atoms with Crippen LogP contribution in [0.1, 0.15) is 31.2 Å². The third-order valence-electron chi connectivity index (χ3n) is 5.43. The molecule has 3 rings (SSSR count). The van der Waals surface area contributed by atoms with Gasteiger partial charge >= 0.3 is 6.18 Å². The minimum absolute atomic E-state index is 0. The molecule has 0 aromatic heterocycles. The Labute approximate surface area is 180 Å². The van der Waals surface area contributed by atoms with E-state index in [4.69, 9.17) is 9.47 Å². The number of hydrogen-bond donors (Lipinski definition) is 1. The molecule has 9 heteroatoms. The average molecular weight is 513 g/mol. The fourth-order valence-corrected chi connectivity index (χ4v) is 3.81. The number of methoxy groups -OCH3 is 1. The van der Waals surface area contributed by atoms with Gasteiger partial charge in [-0.25, -0.2) is 0 Å². The van der Waals surface area contributed by atoms with Gasteiger partial charge < -0.3 is 19.7 Å². The minimum atomic E-state index is -4.38. The van der Waals surface area contributed by atoms with E-state index in [9.17, 15) is 13.2 Å². The average Bonchev–Trinajstić information content (AvgIpc) is 3.06. The molecule has 0 radical (unpaired) electrons. The maximum Gasteiger partial charge on any atom is 0.422 e. The number of nitrogens with one attached hydrogen (secondary N) is 1. The molecular formula is C19H27F3IN3O2. The molecule has 1 aromatic rings. The Hall–Kier alpha value is -1.39. The summed E-state index contributed by atoms with van der Waals surface area (Å²) in [4.78, 5) is 6.67. The molecule has 28 heavy (non-hydrogen) atoms. The van der Waals surface area contributed by atoms with Crippen LogP contribution in [0.2, 0.25) is 0 Å². The van der Waals surface area contributed by atoms with Crippen molar-refractivity contribution in [3.8, 4) is 11.5 Å². The molecule has 0 amide bonds. The maximum absolute atomic E-state index is 12.3. The lowest BCUT2D eigenvalue weighted by Crippen LogP contribution is -2.42. The summed E-state index contributed by atoms with van der Waals surface area (Å²) < 4.78 is 47.0. The van der Waals surface area contributed by atoms with Gasteiger partial charge in [0.05, 0.1) is 7.11 Å². The van der Waals surface area contributed by atoms with Gasteiger partial charge in [-0.1, -0.05) is 12.5 Å². The number of guanidine groups is 1. The van der Waals surface area contributed by atoms with Crippen molar-refractivity contribution in [2.24, 2.45) is 10.4 Å².